The Morgan fingerprint density at radius 2 is 1.86 bits per heavy atom. The predicted molar refractivity (Wildman–Crippen MR) is 76.6 cm³/mol. The largest absolute Gasteiger partial charge is 0.573 e. The van der Waals surface area contributed by atoms with Crippen LogP contribution in [0.3, 0.4) is 0 Å². The molecule has 7 heteroatoms. The van der Waals surface area contributed by atoms with Crippen LogP contribution in [0.4, 0.5) is 13.2 Å². The SMILES string of the molecule is FC(F)(F)Oc1ccc(Br)c(OCCN2CCCCC2)c1. The molecule has 0 aliphatic carbocycles. The molecular formula is C14H17BrF3NO2. The minimum atomic E-state index is -4.70. The van der Waals surface area contributed by atoms with Crippen LogP contribution in [0.1, 0.15) is 19.3 Å². The van der Waals surface area contributed by atoms with Crippen molar-refractivity contribution in [2.75, 3.05) is 26.2 Å². The number of piperidine rings is 1. The zero-order chi connectivity index (χ0) is 15.3. The first-order valence-electron chi connectivity index (χ1n) is 6.84. The van der Waals surface area contributed by atoms with Gasteiger partial charge in [0.05, 0.1) is 4.47 Å². The van der Waals surface area contributed by atoms with Gasteiger partial charge in [-0.15, -0.1) is 13.2 Å². The van der Waals surface area contributed by atoms with E-state index in [4.69, 9.17) is 4.74 Å². The number of halogens is 4. The third-order valence-corrected chi connectivity index (χ3v) is 3.91. The number of alkyl halides is 3. The van der Waals surface area contributed by atoms with Crippen LogP contribution in [0, 0.1) is 0 Å². The Morgan fingerprint density at radius 1 is 1.14 bits per heavy atom. The van der Waals surface area contributed by atoms with Gasteiger partial charge in [0.25, 0.3) is 0 Å². The monoisotopic (exact) mass is 367 g/mol. The van der Waals surface area contributed by atoms with Crippen molar-refractivity contribution in [1.82, 2.24) is 4.90 Å². The lowest BCUT2D eigenvalue weighted by atomic mass is 10.1. The van der Waals surface area contributed by atoms with Gasteiger partial charge in [-0.2, -0.15) is 0 Å². The molecule has 1 aromatic carbocycles. The smallest absolute Gasteiger partial charge is 0.491 e. The van der Waals surface area contributed by atoms with Crippen LogP contribution >= 0.6 is 15.9 Å². The van der Waals surface area contributed by atoms with E-state index < -0.39 is 6.36 Å². The summed E-state index contributed by atoms with van der Waals surface area (Å²) in [6.45, 7) is 3.33. The van der Waals surface area contributed by atoms with Gasteiger partial charge in [-0.25, -0.2) is 0 Å². The second-order valence-electron chi connectivity index (χ2n) is 4.89. The molecule has 0 N–H and O–H groups in total. The molecule has 0 aromatic heterocycles. The maximum atomic E-state index is 12.2. The highest BCUT2D eigenvalue weighted by atomic mass is 79.9. The Balaban J connectivity index is 1.87. The van der Waals surface area contributed by atoms with Gasteiger partial charge in [-0.3, -0.25) is 4.90 Å². The zero-order valence-corrected chi connectivity index (χ0v) is 13.0. The van der Waals surface area contributed by atoms with E-state index in [1.165, 1.54) is 37.5 Å². The molecule has 1 heterocycles. The molecule has 3 nitrogen and oxygen atoms in total. The number of hydrogen-bond acceptors (Lipinski definition) is 3. The van der Waals surface area contributed by atoms with E-state index in [1.807, 2.05) is 0 Å². The normalized spacial score (nSPS) is 16.8. The molecule has 21 heavy (non-hydrogen) atoms. The van der Waals surface area contributed by atoms with Crippen LogP contribution in [0.2, 0.25) is 0 Å². The van der Waals surface area contributed by atoms with Gasteiger partial charge in [0.1, 0.15) is 18.1 Å². The van der Waals surface area contributed by atoms with Crippen LogP contribution < -0.4 is 9.47 Å². The summed E-state index contributed by atoms with van der Waals surface area (Å²) >= 11 is 3.26. The van der Waals surface area contributed by atoms with Crippen molar-refractivity contribution in [3.8, 4) is 11.5 Å². The van der Waals surface area contributed by atoms with Crippen molar-refractivity contribution < 1.29 is 22.6 Å². The molecule has 1 saturated heterocycles. The lowest BCUT2D eigenvalue weighted by Gasteiger charge is -2.26. The first-order chi connectivity index (χ1) is 9.94. The molecular weight excluding hydrogens is 351 g/mol. The van der Waals surface area contributed by atoms with E-state index in [0.717, 1.165) is 19.6 Å². The minimum Gasteiger partial charge on any atom is -0.491 e. The van der Waals surface area contributed by atoms with Crippen molar-refractivity contribution in [2.45, 2.75) is 25.6 Å². The van der Waals surface area contributed by atoms with Gasteiger partial charge in [-0.05, 0) is 54.0 Å². The summed E-state index contributed by atoms with van der Waals surface area (Å²) in [6, 6.07) is 3.97. The van der Waals surface area contributed by atoms with E-state index in [2.05, 4.69) is 25.6 Å². The quantitative estimate of drug-likeness (QED) is 0.777. The highest BCUT2D eigenvalue weighted by Crippen LogP contribution is 2.32. The summed E-state index contributed by atoms with van der Waals surface area (Å²) in [4.78, 5) is 2.30. The van der Waals surface area contributed by atoms with Crippen LogP contribution in [-0.4, -0.2) is 37.5 Å². The van der Waals surface area contributed by atoms with Crippen molar-refractivity contribution in [2.24, 2.45) is 0 Å². The second kappa shape index (κ2) is 7.35. The number of ether oxygens (including phenoxy) is 2. The molecule has 0 atom stereocenters. The molecule has 0 saturated carbocycles. The molecule has 1 aromatic rings. The minimum absolute atomic E-state index is 0.279. The Morgan fingerprint density at radius 3 is 2.52 bits per heavy atom. The highest BCUT2D eigenvalue weighted by molar-refractivity contribution is 9.10. The summed E-state index contributed by atoms with van der Waals surface area (Å²) in [7, 11) is 0. The number of nitrogens with zero attached hydrogens (tertiary/aromatic N) is 1. The van der Waals surface area contributed by atoms with Crippen LogP contribution in [-0.2, 0) is 0 Å². The topological polar surface area (TPSA) is 21.7 Å². The predicted octanol–water partition coefficient (Wildman–Crippen LogP) is 4.21. The Labute approximate surface area is 130 Å². The fourth-order valence-electron chi connectivity index (χ4n) is 2.26. The second-order valence-corrected chi connectivity index (χ2v) is 5.75. The zero-order valence-electron chi connectivity index (χ0n) is 11.5. The van der Waals surface area contributed by atoms with Crippen LogP contribution in [0.25, 0.3) is 0 Å². The fraction of sp³-hybridized carbons (Fsp3) is 0.571. The molecule has 1 aliphatic rings. The summed E-state index contributed by atoms with van der Waals surface area (Å²) in [5.74, 6) is 0.0763. The van der Waals surface area contributed by atoms with Crippen molar-refractivity contribution >= 4 is 15.9 Å². The van der Waals surface area contributed by atoms with Crippen LogP contribution in [0.15, 0.2) is 22.7 Å². The Hall–Kier alpha value is -0.950. The molecule has 0 spiro atoms. The fourth-order valence-corrected chi connectivity index (χ4v) is 2.62. The molecule has 1 fully saturated rings. The molecule has 0 amide bonds. The summed E-state index contributed by atoms with van der Waals surface area (Å²) in [5.41, 5.74) is 0. The van der Waals surface area contributed by atoms with Gasteiger partial charge in [0.15, 0.2) is 0 Å². The number of rotatable bonds is 5. The number of hydrogen-bond donors (Lipinski definition) is 0. The molecule has 1 aliphatic heterocycles. The number of benzene rings is 1. The van der Waals surface area contributed by atoms with Gasteiger partial charge >= 0.3 is 6.36 Å². The molecule has 0 unspecified atom stereocenters. The standard InChI is InChI=1S/C14H17BrF3NO2/c15-12-5-4-11(21-14(16,17)18)10-13(12)20-9-8-19-6-2-1-3-7-19/h4-5,10H,1-3,6-9H2. The summed E-state index contributed by atoms with van der Waals surface area (Å²) < 4.78 is 46.6. The average Bonchev–Trinajstić information content (AvgIpc) is 2.42. The molecule has 2 rings (SSSR count). The van der Waals surface area contributed by atoms with E-state index in [9.17, 15) is 13.2 Å². The molecule has 0 radical (unpaired) electrons. The first kappa shape index (κ1) is 16.4. The summed E-state index contributed by atoms with van der Waals surface area (Å²) in [5, 5.41) is 0. The number of likely N-dealkylation sites (tertiary alicyclic amines) is 1. The Bertz CT molecular complexity index is 462. The van der Waals surface area contributed by atoms with Crippen molar-refractivity contribution in [3.63, 3.8) is 0 Å². The maximum absolute atomic E-state index is 12.2. The van der Waals surface area contributed by atoms with E-state index in [0.29, 0.717) is 16.8 Å². The highest BCUT2D eigenvalue weighted by Gasteiger charge is 2.31. The molecule has 0 bridgehead atoms. The lowest BCUT2D eigenvalue weighted by Crippen LogP contribution is -2.33. The van der Waals surface area contributed by atoms with E-state index in [1.54, 1.807) is 0 Å². The lowest BCUT2D eigenvalue weighted by molar-refractivity contribution is -0.274. The van der Waals surface area contributed by atoms with Gasteiger partial charge < -0.3 is 9.47 Å². The Kier molecular flexibility index (Phi) is 5.75. The average molecular weight is 368 g/mol. The third kappa shape index (κ3) is 5.74. The third-order valence-electron chi connectivity index (χ3n) is 3.25. The van der Waals surface area contributed by atoms with Gasteiger partial charge in [0, 0.05) is 12.6 Å². The molecule has 118 valence electrons. The van der Waals surface area contributed by atoms with E-state index in [-0.39, 0.29) is 5.75 Å². The van der Waals surface area contributed by atoms with Crippen molar-refractivity contribution in [1.29, 1.82) is 0 Å². The van der Waals surface area contributed by atoms with Crippen LogP contribution in [0.5, 0.6) is 11.5 Å². The van der Waals surface area contributed by atoms with Gasteiger partial charge in [-0.1, -0.05) is 6.42 Å². The summed E-state index contributed by atoms with van der Waals surface area (Å²) in [6.07, 6.45) is -1.05. The van der Waals surface area contributed by atoms with Crippen molar-refractivity contribution in [3.05, 3.63) is 22.7 Å². The van der Waals surface area contributed by atoms with E-state index >= 15 is 0 Å². The first-order valence-corrected chi connectivity index (χ1v) is 7.64. The maximum Gasteiger partial charge on any atom is 0.573 e. The van der Waals surface area contributed by atoms with Gasteiger partial charge in [0.2, 0.25) is 0 Å².